The van der Waals surface area contributed by atoms with Gasteiger partial charge in [0.1, 0.15) is 6.61 Å². The molecule has 0 bridgehead atoms. The molecule has 0 radical (unpaired) electrons. The van der Waals surface area contributed by atoms with Gasteiger partial charge >= 0.3 is 19.8 Å². The molecule has 0 aliphatic carbocycles. The van der Waals surface area contributed by atoms with Crippen LogP contribution in [0.4, 0.5) is 0 Å². The molecular formula is C45H78NO8P. The second-order valence-electron chi connectivity index (χ2n) is 13.8. The van der Waals surface area contributed by atoms with Crippen LogP contribution in [0.25, 0.3) is 0 Å². The predicted molar refractivity (Wildman–Crippen MR) is 229 cm³/mol. The van der Waals surface area contributed by atoms with Gasteiger partial charge < -0.3 is 20.1 Å². The molecule has 2 unspecified atom stereocenters. The number of phosphoric acid groups is 1. The molecular weight excluding hydrogens is 713 g/mol. The lowest BCUT2D eigenvalue weighted by atomic mass is 10.1. The van der Waals surface area contributed by atoms with Gasteiger partial charge in [0, 0.05) is 19.4 Å². The smallest absolute Gasteiger partial charge is 0.462 e. The Labute approximate surface area is 335 Å². The topological polar surface area (TPSA) is 134 Å². The molecule has 3 N–H and O–H groups in total. The molecule has 0 aliphatic heterocycles. The Morgan fingerprint density at radius 3 is 1.49 bits per heavy atom. The zero-order chi connectivity index (χ0) is 40.3. The highest BCUT2D eigenvalue weighted by Crippen LogP contribution is 2.43. The number of allylic oxidation sites excluding steroid dienone is 12. The summed E-state index contributed by atoms with van der Waals surface area (Å²) in [5, 5.41) is 0. The van der Waals surface area contributed by atoms with Crippen molar-refractivity contribution in [2.24, 2.45) is 5.73 Å². The number of rotatable bonds is 39. The van der Waals surface area contributed by atoms with Gasteiger partial charge in [-0.05, 0) is 83.5 Å². The van der Waals surface area contributed by atoms with Crippen LogP contribution in [0.1, 0.15) is 168 Å². The molecule has 0 fully saturated rings. The molecule has 10 heteroatoms. The van der Waals surface area contributed by atoms with Crippen LogP contribution in [0.5, 0.6) is 0 Å². The fourth-order valence-electron chi connectivity index (χ4n) is 5.36. The summed E-state index contributed by atoms with van der Waals surface area (Å²) in [6.07, 6.45) is 49.4. The van der Waals surface area contributed by atoms with E-state index >= 15 is 0 Å². The minimum absolute atomic E-state index is 0.0395. The molecule has 0 rings (SSSR count). The number of carbonyl (C=O) groups excluding carboxylic acids is 2. The third kappa shape index (κ3) is 40.9. The Kier molecular flexibility index (Phi) is 39.2. The van der Waals surface area contributed by atoms with Crippen LogP contribution in [0, 0.1) is 0 Å². The van der Waals surface area contributed by atoms with Crippen molar-refractivity contribution in [2.75, 3.05) is 26.4 Å². The number of hydrogen-bond acceptors (Lipinski definition) is 8. The largest absolute Gasteiger partial charge is 0.472 e. The fraction of sp³-hybridized carbons (Fsp3) is 0.689. The molecule has 0 heterocycles. The van der Waals surface area contributed by atoms with Crippen molar-refractivity contribution >= 4 is 19.8 Å². The van der Waals surface area contributed by atoms with E-state index in [4.69, 9.17) is 24.3 Å². The third-order valence-corrected chi connectivity index (χ3v) is 9.55. The van der Waals surface area contributed by atoms with Crippen molar-refractivity contribution in [3.8, 4) is 0 Å². The van der Waals surface area contributed by atoms with Crippen molar-refractivity contribution in [1.82, 2.24) is 0 Å². The van der Waals surface area contributed by atoms with Gasteiger partial charge in [0.15, 0.2) is 6.10 Å². The summed E-state index contributed by atoms with van der Waals surface area (Å²) in [4.78, 5) is 34.8. The number of phosphoric ester groups is 1. The zero-order valence-corrected chi connectivity index (χ0v) is 35.5. The lowest BCUT2D eigenvalue weighted by molar-refractivity contribution is -0.161. The van der Waals surface area contributed by atoms with E-state index in [-0.39, 0.29) is 32.6 Å². The van der Waals surface area contributed by atoms with E-state index < -0.39 is 32.5 Å². The molecule has 2 atom stereocenters. The summed E-state index contributed by atoms with van der Waals surface area (Å²) in [5.74, 6) is -0.921. The highest BCUT2D eigenvalue weighted by Gasteiger charge is 2.25. The van der Waals surface area contributed by atoms with Crippen molar-refractivity contribution in [3.63, 3.8) is 0 Å². The first kappa shape index (κ1) is 52.5. The summed E-state index contributed by atoms with van der Waals surface area (Å²) in [5.41, 5.74) is 5.34. The molecule has 0 saturated carbocycles. The maximum atomic E-state index is 12.6. The first-order valence-corrected chi connectivity index (χ1v) is 22.9. The van der Waals surface area contributed by atoms with Crippen LogP contribution >= 0.6 is 7.82 Å². The number of nitrogens with two attached hydrogens (primary N) is 1. The summed E-state index contributed by atoms with van der Waals surface area (Å²) < 4.78 is 32.7. The molecule has 0 amide bonds. The van der Waals surface area contributed by atoms with E-state index in [1.165, 1.54) is 64.2 Å². The summed E-state index contributed by atoms with van der Waals surface area (Å²) in [6, 6.07) is 0. The Bertz CT molecular complexity index is 1130. The van der Waals surface area contributed by atoms with Gasteiger partial charge in [-0.1, -0.05) is 145 Å². The normalized spacial score (nSPS) is 14.0. The Morgan fingerprint density at radius 2 is 0.964 bits per heavy atom. The monoisotopic (exact) mass is 792 g/mol. The Balaban J connectivity index is 4.31. The number of unbranched alkanes of at least 4 members (excludes halogenated alkanes) is 14. The van der Waals surface area contributed by atoms with Gasteiger partial charge in [-0.25, -0.2) is 4.57 Å². The molecule has 0 aromatic rings. The van der Waals surface area contributed by atoms with Crippen molar-refractivity contribution in [2.45, 2.75) is 174 Å². The van der Waals surface area contributed by atoms with E-state index in [1.807, 2.05) is 0 Å². The summed E-state index contributed by atoms with van der Waals surface area (Å²) >= 11 is 0. The van der Waals surface area contributed by atoms with Crippen LogP contribution < -0.4 is 5.73 Å². The second-order valence-corrected chi connectivity index (χ2v) is 15.3. The molecule has 0 aliphatic rings. The van der Waals surface area contributed by atoms with Gasteiger partial charge in [0.05, 0.1) is 13.2 Å². The van der Waals surface area contributed by atoms with E-state index in [0.717, 1.165) is 64.2 Å². The molecule has 0 spiro atoms. The highest BCUT2D eigenvalue weighted by atomic mass is 31.2. The standard InChI is InChI=1S/C45H78NO8P/c1-3-5-7-9-11-13-15-17-19-21-23-25-27-29-31-33-35-37-44(47)51-41-43(42-53-55(49,50)52-40-39-46)54-45(48)38-36-34-32-30-28-26-24-22-20-18-16-14-12-10-8-6-4-2/h12,14,17-20,23-26,29,31,43H,3-11,13,15-16,21-22,27-28,30,32-42,46H2,1-2H3,(H,49,50). The SMILES string of the molecule is CCCCCC=CCC=CCC=CCCCCCCC(=O)OC(COC(=O)CCCC=CCC=CCC=CCCCCCCCC)COP(=O)(O)OCCN. The Hall–Kier alpha value is -2.55. The molecule has 0 aromatic carbocycles. The number of esters is 2. The van der Waals surface area contributed by atoms with E-state index in [9.17, 15) is 19.0 Å². The quantitative estimate of drug-likeness (QED) is 0.0270. The minimum atomic E-state index is -4.40. The lowest BCUT2D eigenvalue weighted by Crippen LogP contribution is -2.29. The lowest BCUT2D eigenvalue weighted by Gasteiger charge is -2.19. The average molecular weight is 792 g/mol. The Morgan fingerprint density at radius 1 is 0.545 bits per heavy atom. The molecule has 55 heavy (non-hydrogen) atoms. The third-order valence-electron chi connectivity index (χ3n) is 8.56. The van der Waals surface area contributed by atoms with Gasteiger partial charge in [-0.15, -0.1) is 0 Å². The van der Waals surface area contributed by atoms with Gasteiger partial charge in [-0.2, -0.15) is 0 Å². The number of carbonyl (C=O) groups is 2. The van der Waals surface area contributed by atoms with E-state index in [2.05, 4.69) is 86.8 Å². The fourth-order valence-corrected chi connectivity index (χ4v) is 6.13. The molecule has 0 aromatic heterocycles. The summed E-state index contributed by atoms with van der Waals surface area (Å²) in [7, 11) is -4.40. The first-order valence-electron chi connectivity index (χ1n) is 21.4. The zero-order valence-electron chi connectivity index (χ0n) is 34.6. The summed E-state index contributed by atoms with van der Waals surface area (Å²) in [6.45, 7) is 3.60. The first-order chi connectivity index (χ1) is 26.8. The van der Waals surface area contributed by atoms with Crippen LogP contribution in [-0.2, 0) is 32.7 Å². The molecule has 9 nitrogen and oxygen atoms in total. The van der Waals surface area contributed by atoms with Crippen molar-refractivity contribution in [1.29, 1.82) is 0 Å². The maximum absolute atomic E-state index is 12.6. The highest BCUT2D eigenvalue weighted by molar-refractivity contribution is 7.47. The van der Waals surface area contributed by atoms with Gasteiger partial charge in [0.2, 0.25) is 0 Å². The number of ether oxygens (including phenoxy) is 2. The predicted octanol–water partition coefficient (Wildman–Crippen LogP) is 12.3. The molecule has 0 saturated heterocycles. The van der Waals surface area contributed by atoms with Gasteiger partial charge in [-0.3, -0.25) is 18.6 Å². The van der Waals surface area contributed by atoms with E-state index in [1.54, 1.807) is 0 Å². The van der Waals surface area contributed by atoms with Gasteiger partial charge in [0.25, 0.3) is 0 Å². The van der Waals surface area contributed by atoms with Crippen molar-refractivity contribution < 1.29 is 37.6 Å². The van der Waals surface area contributed by atoms with Crippen LogP contribution in [0.15, 0.2) is 72.9 Å². The minimum Gasteiger partial charge on any atom is -0.462 e. The number of hydrogen-bond donors (Lipinski definition) is 2. The van der Waals surface area contributed by atoms with Crippen molar-refractivity contribution in [3.05, 3.63) is 72.9 Å². The van der Waals surface area contributed by atoms with E-state index in [0.29, 0.717) is 12.8 Å². The molecule has 316 valence electrons. The average Bonchev–Trinajstić information content (AvgIpc) is 3.17. The second kappa shape index (κ2) is 41.1. The van der Waals surface area contributed by atoms with Crippen LogP contribution in [-0.4, -0.2) is 49.3 Å². The van der Waals surface area contributed by atoms with Crippen LogP contribution in [0.2, 0.25) is 0 Å². The van der Waals surface area contributed by atoms with Crippen LogP contribution in [0.3, 0.4) is 0 Å². The maximum Gasteiger partial charge on any atom is 0.472 e.